The molecule has 12 heavy (non-hydrogen) atoms. The highest BCUT2D eigenvalue weighted by Gasteiger charge is 1.88. The molecule has 0 atom stereocenters. The first-order valence-corrected chi connectivity index (χ1v) is 2.82. The van der Waals surface area contributed by atoms with Gasteiger partial charge in [-0.15, -0.1) is 6.42 Å². The lowest BCUT2D eigenvalue weighted by Crippen LogP contribution is -1.91. The van der Waals surface area contributed by atoms with Gasteiger partial charge in [-0.1, -0.05) is 5.92 Å². The molecular weight excluding hydrogens is 162 g/mol. The molecule has 4 N–H and O–H groups in total. The van der Waals surface area contributed by atoms with Crippen molar-refractivity contribution in [2.75, 3.05) is 6.54 Å². The lowest BCUT2D eigenvalue weighted by Gasteiger charge is -1.74. The minimum absolute atomic E-state index is 0.347. The van der Waals surface area contributed by atoms with Gasteiger partial charge in [0, 0.05) is 12.2 Å². The van der Waals surface area contributed by atoms with Gasteiger partial charge in [0.25, 0.3) is 0 Å². The van der Waals surface area contributed by atoms with Gasteiger partial charge in [-0.25, -0.2) is 9.59 Å². The normalized spacial score (nSPS) is 8.00. The van der Waals surface area contributed by atoms with Gasteiger partial charge in [-0.05, 0) is 0 Å². The Morgan fingerprint density at radius 3 is 1.67 bits per heavy atom. The summed E-state index contributed by atoms with van der Waals surface area (Å²) in [6.07, 6.45) is 5.77. The predicted molar refractivity (Wildman–Crippen MR) is 42.3 cm³/mol. The van der Waals surface area contributed by atoms with Gasteiger partial charge >= 0.3 is 11.9 Å². The van der Waals surface area contributed by atoms with Crippen molar-refractivity contribution in [2.45, 2.75) is 0 Å². The van der Waals surface area contributed by atoms with E-state index in [9.17, 15) is 9.59 Å². The quantitative estimate of drug-likeness (QED) is 0.376. The van der Waals surface area contributed by atoms with Crippen molar-refractivity contribution >= 4 is 11.9 Å². The fraction of sp³-hybridized carbons (Fsp3) is 0.143. The average Bonchev–Trinajstić information content (AvgIpc) is 2.01. The average molecular weight is 171 g/mol. The molecule has 0 aromatic heterocycles. The molecule has 0 aliphatic carbocycles. The molecule has 0 unspecified atom stereocenters. The van der Waals surface area contributed by atoms with Gasteiger partial charge in [0.05, 0.1) is 6.54 Å². The highest BCUT2D eigenvalue weighted by atomic mass is 16.4. The number of hydrogen-bond acceptors (Lipinski definition) is 3. The summed E-state index contributed by atoms with van der Waals surface area (Å²) in [5.74, 6) is -0.306. The first kappa shape index (κ1) is 12.8. The van der Waals surface area contributed by atoms with Crippen LogP contribution in [0.25, 0.3) is 0 Å². The minimum atomic E-state index is -1.26. The van der Waals surface area contributed by atoms with Gasteiger partial charge in [0.1, 0.15) is 0 Å². The minimum Gasteiger partial charge on any atom is -0.478 e. The van der Waals surface area contributed by atoms with E-state index in [1.807, 2.05) is 0 Å². The van der Waals surface area contributed by atoms with E-state index in [2.05, 4.69) is 12.3 Å². The second-order valence-corrected chi connectivity index (χ2v) is 1.42. The number of carboxylic acids is 2. The first-order chi connectivity index (χ1) is 5.54. The van der Waals surface area contributed by atoms with E-state index in [4.69, 9.17) is 15.9 Å². The highest BCUT2D eigenvalue weighted by molar-refractivity contribution is 5.89. The van der Waals surface area contributed by atoms with Crippen molar-refractivity contribution in [1.29, 1.82) is 0 Å². The fourth-order valence-electron chi connectivity index (χ4n) is 0.143. The molecule has 0 aromatic carbocycles. The van der Waals surface area contributed by atoms with Gasteiger partial charge < -0.3 is 15.9 Å². The van der Waals surface area contributed by atoms with Crippen LogP contribution in [-0.2, 0) is 9.59 Å². The van der Waals surface area contributed by atoms with E-state index in [-0.39, 0.29) is 0 Å². The molecule has 5 nitrogen and oxygen atoms in total. The maximum atomic E-state index is 9.55. The Balaban J connectivity index is 0. The summed E-state index contributed by atoms with van der Waals surface area (Å²) in [6.45, 7) is 0.347. The molecule has 0 saturated heterocycles. The third-order valence-corrected chi connectivity index (χ3v) is 0.486. The standard InChI is InChI=1S/C4H4O4.C3H5N/c5-3(6)1-2-4(7)8;1-2-3-4/h1-2H,(H,5,6)(H,7,8);1H,3-4H2/b2-1+;. The van der Waals surface area contributed by atoms with Crippen molar-refractivity contribution in [3.8, 4) is 12.3 Å². The van der Waals surface area contributed by atoms with Gasteiger partial charge in [0.15, 0.2) is 0 Å². The smallest absolute Gasteiger partial charge is 0.328 e. The molecule has 0 aliphatic heterocycles. The van der Waals surface area contributed by atoms with E-state index in [0.717, 1.165) is 0 Å². The third-order valence-electron chi connectivity index (χ3n) is 0.486. The Morgan fingerprint density at radius 2 is 1.58 bits per heavy atom. The summed E-state index contributed by atoms with van der Waals surface area (Å²) in [6, 6.07) is 0. The molecule has 0 rings (SSSR count). The molecule has 0 saturated carbocycles. The van der Waals surface area contributed by atoms with Crippen LogP contribution in [0.1, 0.15) is 0 Å². The molecule has 0 aliphatic rings. The summed E-state index contributed by atoms with van der Waals surface area (Å²) in [4.78, 5) is 19.1. The van der Waals surface area contributed by atoms with Crippen LogP contribution in [0.4, 0.5) is 0 Å². The molecule has 0 fully saturated rings. The fourth-order valence-corrected chi connectivity index (χ4v) is 0.143. The zero-order valence-corrected chi connectivity index (χ0v) is 6.23. The molecule has 0 amide bonds. The molecular formula is C7H9NO4. The van der Waals surface area contributed by atoms with E-state index in [0.29, 0.717) is 18.7 Å². The maximum Gasteiger partial charge on any atom is 0.328 e. The largest absolute Gasteiger partial charge is 0.478 e. The maximum absolute atomic E-state index is 9.55. The van der Waals surface area contributed by atoms with Gasteiger partial charge in [0.2, 0.25) is 0 Å². The SMILES string of the molecule is C#CCN.O=C(O)/C=C/C(=O)O. The number of hydrogen-bond donors (Lipinski definition) is 3. The van der Waals surface area contributed by atoms with Crippen LogP contribution in [-0.4, -0.2) is 28.7 Å². The Bertz CT molecular complexity index is 198. The van der Waals surface area contributed by atoms with E-state index in [1.165, 1.54) is 0 Å². The molecule has 66 valence electrons. The Morgan fingerprint density at radius 1 is 1.33 bits per heavy atom. The third kappa shape index (κ3) is 24.1. The van der Waals surface area contributed by atoms with Crippen LogP contribution in [0, 0.1) is 12.3 Å². The molecule has 0 spiro atoms. The second-order valence-electron chi connectivity index (χ2n) is 1.42. The van der Waals surface area contributed by atoms with Crippen molar-refractivity contribution in [1.82, 2.24) is 0 Å². The van der Waals surface area contributed by atoms with Crippen LogP contribution >= 0.6 is 0 Å². The number of carboxylic acid groups (broad SMARTS) is 2. The highest BCUT2D eigenvalue weighted by Crippen LogP contribution is 1.70. The van der Waals surface area contributed by atoms with Crippen molar-refractivity contribution < 1.29 is 19.8 Å². The molecule has 0 heterocycles. The zero-order chi connectivity index (χ0) is 9.98. The lowest BCUT2D eigenvalue weighted by molar-refractivity contribution is -0.134. The van der Waals surface area contributed by atoms with Crippen molar-refractivity contribution in [3.63, 3.8) is 0 Å². The Labute approximate surface area is 69.5 Å². The lowest BCUT2D eigenvalue weighted by atomic mass is 10.5. The second kappa shape index (κ2) is 9.20. The summed E-state index contributed by atoms with van der Waals surface area (Å²) in [7, 11) is 0. The Kier molecular flexibility index (Phi) is 9.84. The summed E-state index contributed by atoms with van der Waals surface area (Å²) in [5, 5.41) is 15.6. The van der Waals surface area contributed by atoms with E-state index in [1.54, 1.807) is 0 Å². The monoisotopic (exact) mass is 171 g/mol. The van der Waals surface area contributed by atoms with Crippen LogP contribution < -0.4 is 5.73 Å². The van der Waals surface area contributed by atoms with Crippen LogP contribution in [0.2, 0.25) is 0 Å². The van der Waals surface area contributed by atoms with E-state index < -0.39 is 11.9 Å². The topological polar surface area (TPSA) is 101 Å². The van der Waals surface area contributed by atoms with Crippen molar-refractivity contribution in [2.24, 2.45) is 5.73 Å². The Hall–Kier alpha value is -1.80. The number of terminal acetylenes is 1. The predicted octanol–water partition coefficient (Wildman–Crippen LogP) is -0.710. The molecule has 0 bridgehead atoms. The number of nitrogens with two attached hydrogens (primary N) is 1. The van der Waals surface area contributed by atoms with Gasteiger partial charge in [-0.2, -0.15) is 0 Å². The summed E-state index contributed by atoms with van der Waals surface area (Å²) in [5.41, 5.74) is 4.79. The first-order valence-electron chi connectivity index (χ1n) is 2.82. The number of carbonyl (C=O) groups is 2. The molecule has 5 heteroatoms. The van der Waals surface area contributed by atoms with Crippen LogP contribution in [0.3, 0.4) is 0 Å². The van der Waals surface area contributed by atoms with E-state index >= 15 is 0 Å². The number of rotatable bonds is 2. The van der Waals surface area contributed by atoms with Crippen molar-refractivity contribution in [3.05, 3.63) is 12.2 Å². The molecule has 0 radical (unpaired) electrons. The van der Waals surface area contributed by atoms with Gasteiger partial charge in [-0.3, -0.25) is 0 Å². The molecule has 0 aromatic rings. The van der Waals surface area contributed by atoms with Crippen LogP contribution in [0.15, 0.2) is 12.2 Å². The summed E-state index contributed by atoms with van der Waals surface area (Å²) >= 11 is 0. The number of aliphatic carboxylic acids is 2. The van der Waals surface area contributed by atoms with Crippen LogP contribution in [0.5, 0.6) is 0 Å². The zero-order valence-electron chi connectivity index (χ0n) is 6.23. The summed E-state index contributed by atoms with van der Waals surface area (Å²) < 4.78 is 0.